The van der Waals surface area contributed by atoms with E-state index in [0.29, 0.717) is 23.7 Å². The lowest BCUT2D eigenvalue weighted by molar-refractivity contribution is 0.248. The number of carbonyl (C=O) groups excluding carboxylic acids is 1. The lowest BCUT2D eigenvalue weighted by Gasteiger charge is -2.17. The summed E-state index contributed by atoms with van der Waals surface area (Å²) in [5, 5.41) is 15.3. The number of rotatable bonds is 6. The summed E-state index contributed by atoms with van der Waals surface area (Å²) in [5.41, 5.74) is 1.74. The van der Waals surface area contributed by atoms with E-state index < -0.39 is 0 Å². The molecule has 0 aliphatic heterocycles. The second-order valence-corrected chi connectivity index (χ2v) is 5.40. The van der Waals surface area contributed by atoms with Gasteiger partial charge in [0.05, 0.1) is 0 Å². The molecule has 2 aromatic carbocycles. The summed E-state index contributed by atoms with van der Waals surface area (Å²) in [7, 11) is 0. The van der Waals surface area contributed by atoms with E-state index in [-0.39, 0.29) is 18.6 Å². The number of urea groups is 1. The highest BCUT2D eigenvalue weighted by Gasteiger charge is 2.12. The second-order valence-electron chi connectivity index (χ2n) is 4.97. The number of hydrogen-bond donors (Lipinski definition) is 3. The van der Waals surface area contributed by atoms with Crippen LogP contribution in [0.2, 0.25) is 5.02 Å². The highest BCUT2D eigenvalue weighted by molar-refractivity contribution is 6.30. The maximum absolute atomic E-state index is 11.9. The fraction of sp³-hybridized carbons (Fsp3) is 0.235. The largest absolute Gasteiger partial charge is 0.396 e. The fourth-order valence-corrected chi connectivity index (χ4v) is 2.42. The maximum atomic E-state index is 11.9. The Kier molecular flexibility index (Phi) is 6.25. The van der Waals surface area contributed by atoms with Crippen LogP contribution in [0.4, 0.5) is 10.5 Å². The molecule has 0 aromatic heterocycles. The van der Waals surface area contributed by atoms with Gasteiger partial charge in [0.2, 0.25) is 0 Å². The first-order chi connectivity index (χ1) is 10.7. The van der Waals surface area contributed by atoms with Gasteiger partial charge in [-0.05, 0) is 30.2 Å². The van der Waals surface area contributed by atoms with Crippen LogP contribution in [0.1, 0.15) is 17.9 Å². The average molecular weight is 319 g/mol. The third-order valence-corrected chi connectivity index (χ3v) is 3.58. The molecule has 22 heavy (non-hydrogen) atoms. The number of amides is 2. The molecule has 2 aromatic rings. The van der Waals surface area contributed by atoms with Crippen LogP contribution < -0.4 is 10.6 Å². The van der Waals surface area contributed by atoms with Crippen molar-refractivity contribution in [1.82, 2.24) is 5.32 Å². The second kappa shape index (κ2) is 8.41. The summed E-state index contributed by atoms with van der Waals surface area (Å²) in [6, 6.07) is 16.5. The Bertz CT molecular complexity index is 605. The Morgan fingerprint density at radius 3 is 2.59 bits per heavy atom. The molecule has 1 unspecified atom stereocenters. The lowest BCUT2D eigenvalue weighted by Crippen LogP contribution is -2.32. The Morgan fingerprint density at radius 1 is 1.14 bits per heavy atom. The van der Waals surface area contributed by atoms with Crippen molar-refractivity contribution < 1.29 is 9.90 Å². The molecule has 0 bridgehead atoms. The number of benzene rings is 2. The number of carbonyl (C=O) groups is 1. The van der Waals surface area contributed by atoms with Gasteiger partial charge < -0.3 is 15.7 Å². The molecule has 116 valence electrons. The Labute approximate surface area is 135 Å². The third-order valence-electron chi connectivity index (χ3n) is 3.34. The van der Waals surface area contributed by atoms with E-state index in [1.54, 1.807) is 24.3 Å². The van der Waals surface area contributed by atoms with Crippen molar-refractivity contribution in [3.05, 3.63) is 65.2 Å². The number of anilines is 1. The molecule has 0 spiro atoms. The van der Waals surface area contributed by atoms with E-state index in [2.05, 4.69) is 10.6 Å². The summed E-state index contributed by atoms with van der Waals surface area (Å²) >= 11 is 5.88. The summed E-state index contributed by atoms with van der Waals surface area (Å²) in [6.07, 6.45) is 0.599. The van der Waals surface area contributed by atoms with Crippen molar-refractivity contribution in [2.24, 2.45) is 0 Å². The summed E-state index contributed by atoms with van der Waals surface area (Å²) < 4.78 is 0. The first-order valence-electron chi connectivity index (χ1n) is 7.15. The molecule has 0 fully saturated rings. The van der Waals surface area contributed by atoms with Crippen LogP contribution in [-0.4, -0.2) is 24.3 Å². The van der Waals surface area contributed by atoms with Gasteiger partial charge in [-0.15, -0.1) is 0 Å². The van der Waals surface area contributed by atoms with Crippen molar-refractivity contribution in [2.45, 2.75) is 12.3 Å². The van der Waals surface area contributed by atoms with Gasteiger partial charge in [0.1, 0.15) is 0 Å². The van der Waals surface area contributed by atoms with Gasteiger partial charge in [0.15, 0.2) is 0 Å². The molecular formula is C17H19ClN2O2. The van der Waals surface area contributed by atoms with Crippen LogP contribution in [0.3, 0.4) is 0 Å². The predicted octanol–water partition coefficient (Wildman–Crippen LogP) is 3.63. The summed E-state index contributed by atoms with van der Waals surface area (Å²) in [4.78, 5) is 11.9. The van der Waals surface area contributed by atoms with Gasteiger partial charge in [-0.1, -0.05) is 48.0 Å². The zero-order valence-electron chi connectivity index (χ0n) is 12.1. The molecule has 2 amide bonds. The molecule has 2 rings (SSSR count). The normalized spacial score (nSPS) is 11.7. The minimum Gasteiger partial charge on any atom is -0.396 e. The van der Waals surface area contributed by atoms with Crippen molar-refractivity contribution in [3.63, 3.8) is 0 Å². The van der Waals surface area contributed by atoms with Crippen LogP contribution in [-0.2, 0) is 0 Å². The van der Waals surface area contributed by atoms with Crippen molar-refractivity contribution in [3.8, 4) is 0 Å². The van der Waals surface area contributed by atoms with Crippen LogP contribution in [0.5, 0.6) is 0 Å². The smallest absolute Gasteiger partial charge is 0.319 e. The highest BCUT2D eigenvalue weighted by atomic mass is 35.5. The van der Waals surface area contributed by atoms with E-state index >= 15 is 0 Å². The topological polar surface area (TPSA) is 61.4 Å². The van der Waals surface area contributed by atoms with Gasteiger partial charge in [-0.25, -0.2) is 4.79 Å². The van der Waals surface area contributed by atoms with Gasteiger partial charge in [0, 0.05) is 29.8 Å². The quantitative estimate of drug-likeness (QED) is 0.761. The first-order valence-corrected chi connectivity index (χ1v) is 7.53. The number of hydrogen-bond acceptors (Lipinski definition) is 2. The van der Waals surface area contributed by atoms with E-state index in [0.717, 1.165) is 5.56 Å². The number of aliphatic hydroxyl groups excluding tert-OH is 1. The van der Waals surface area contributed by atoms with E-state index in [4.69, 9.17) is 11.6 Å². The van der Waals surface area contributed by atoms with Gasteiger partial charge in [-0.3, -0.25) is 0 Å². The average Bonchev–Trinajstić information content (AvgIpc) is 2.52. The molecule has 0 aliphatic rings. The maximum Gasteiger partial charge on any atom is 0.319 e. The Balaban J connectivity index is 1.90. The third kappa shape index (κ3) is 5.06. The standard InChI is InChI=1S/C17H19ClN2O2/c18-15-7-4-8-16(11-15)20-17(22)19-12-14(9-10-21)13-5-2-1-3-6-13/h1-8,11,14,21H,9-10,12H2,(H2,19,20,22). The van der Waals surface area contributed by atoms with Gasteiger partial charge in [-0.2, -0.15) is 0 Å². The van der Waals surface area contributed by atoms with Crippen molar-refractivity contribution >= 4 is 23.3 Å². The van der Waals surface area contributed by atoms with E-state index in [9.17, 15) is 9.90 Å². The molecular weight excluding hydrogens is 300 g/mol. The molecule has 3 N–H and O–H groups in total. The Morgan fingerprint density at radius 2 is 1.91 bits per heavy atom. The molecule has 4 nitrogen and oxygen atoms in total. The summed E-state index contributed by atoms with van der Waals surface area (Å²) in [5.74, 6) is 0.0799. The Hall–Kier alpha value is -2.04. The minimum atomic E-state index is -0.291. The van der Waals surface area contributed by atoms with Crippen LogP contribution in [0.25, 0.3) is 0 Å². The van der Waals surface area contributed by atoms with Crippen LogP contribution >= 0.6 is 11.6 Å². The fourth-order valence-electron chi connectivity index (χ4n) is 2.23. The zero-order chi connectivity index (χ0) is 15.8. The molecule has 0 saturated carbocycles. The molecule has 0 saturated heterocycles. The van der Waals surface area contributed by atoms with Gasteiger partial charge in [0.25, 0.3) is 0 Å². The van der Waals surface area contributed by atoms with Crippen molar-refractivity contribution in [2.75, 3.05) is 18.5 Å². The molecule has 0 radical (unpaired) electrons. The highest BCUT2D eigenvalue weighted by Crippen LogP contribution is 2.18. The molecule has 5 heteroatoms. The monoisotopic (exact) mass is 318 g/mol. The molecule has 0 aliphatic carbocycles. The van der Waals surface area contributed by atoms with E-state index in [1.807, 2.05) is 30.3 Å². The number of nitrogens with one attached hydrogen (secondary N) is 2. The number of halogens is 1. The summed E-state index contributed by atoms with van der Waals surface area (Å²) in [6.45, 7) is 0.536. The van der Waals surface area contributed by atoms with Crippen LogP contribution in [0.15, 0.2) is 54.6 Å². The predicted molar refractivity (Wildman–Crippen MR) is 89.4 cm³/mol. The van der Waals surface area contributed by atoms with E-state index in [1.165, 1.54) is 0 Å². The molecule has 1 atom stereocenters. The zero-order valence-corrected chi connectivity index (χ0v) is 12.9. The minimum absolute atomic E-state index is 0.0799. The van der Waals surface area contributed by atoms with Crippen molar-refractivity contribution in [1.29, 1.82) is 0 Å². The number of aliphatic hydroxyl groups is 1. The van der Waals surface area contributed by atoms with Crippen LogP contribution in [0, 0.1) is 0 Å². The molecule has 0 heterocycles. The van der Waals surface area contributed by atoms with Gasteiger partial charge >= 0.3 is 6.03 Å². The lowest BCUT2D eigenvalue weighted by atomic mass is 9.96. The SMILES string of the molecule is O=C(NCC(CCO)c1ccccc1)Nc1cccc(Cl)c1. The first kappa shape index (κ1) is 16.3.